The first-order valence-electron chi connectivity index (χ1n) is 12.3. The predicted octanol–water partition coefficient (Wildman–Crippen LogP) is 4.45. The molecule has 0 saturated heterocycles. The molecule has 6 rings (SSSR count). The standard InChI is InChI=1S/C29H24F2N4O3/c30-20-8-4-18(5-9-20)29(38,19-6-10-21(31)11-7-19)27-17-32-33-35(27)22-12-13-23-24(16-28(36)37)25-3-1-2-14-34(25)26(23)15-22/h1-11,14,17,22,38H,12-13,15-16H2,(H,36,37). The average Bonchev–Trinajstić information content (AvgIpc) is 3.53. The second kappa shape index (κ2) is 9.18. The molecule has 9 heteroatoms. The number of fused-ring (bicyclic) bond motifs is 3. The van der Waals surface area contributed by atoms with Gasteiger partial charge in [-0.15, -0.1) is 5.10 Å². The maximum atomic E-state index is 13.8. The molecule has 1 unspecified atom stereocenters. The van der Waals surface area contributed by atoms with E-state index in [9.17, 15) is 23.8 Å². The van der Waals surface area contributed by atoms with E-state index in [1.165, 1.54) is 54.7 Å². The molecule has 3 aromatic heterocycles. The van der Waals surface area contributed by atoms with Crippen molar-refractivity contribution in [3.05, 3.63) is 124 Å². The summed E-state index contributed by atoms with van der Waals surface area (Å²) in [6, 6.07) is 16.6. The van der Waals surface area contributed by atoms with Gasteiger partial charge in [0.25, 0.3) is 0 Å². The van der Waals surface area contributed by atoms with Crippen LogP contribution < -0.4 is 0 Å². The van der Waals surface area contributed by atoms with Gasteiger partial charge in [-0.1, -0.05) is 35.5 Å². The molecule has 38 heavy (non-hydrogen) atoms. The number of aromatic nitrogens is 4. The SMILES string of the molecule is O=C(O)Cc1c2c(n3ccccc13)CC(n1nncc1C(O)(c1ccc(F)cc1)c1ccc(F)cc1)CC2. The third-order valence-electron chi connectivity index (χ3n) is 7.47. The van der Waals surface area contributed by atoms with Gasteiger partial charge in [-0.05, 0) is 71.5 Å². The van der Waals surface area contributed by atoms with Gasteiger partial charge in [-0.3, -0.25) is 4.79 Å². The fourth-order valence-corrected chi connectivity index (χ4v) is 5.73. The number of hydrogen-bond donors (Lipinski definition) is 2. The first-order valence-corrected chi connectivity index (χ1v) is 12.3. The summed E-state index contributed by atoms with van der Waals surface area (Å²) in [5, 5.41) is 30.3. The zero-order chi connectivity index (χ0) is 26.4. The summed E-state index contributed by atoms with van der Waals surface area (Å²) >= 11 is 0. The molecule has 0 amide bonds. The van der Waals surface area contributed by atoms with Gasteiger partial charge in [-0.25, -0.2) is 13.5 Å². The van der Waals surface area contributed by atoms with Crippen LogP contribution in [-0.4, -0.2) is 35.6 Å². The minimum Gasteiger partial charge on any atom is -0.481 e. The fraction of sp³-hybridized carbons (Fsp3) is 0.207. The number of aliphatic hydroxyl groups is 1. The first kappa shape index (κ1) is 24.0. The van der Waals surface area contributed by atoms with Crippen molar-refractivity contribution in [1.82, 2.24) is 19.4 Å². The number of carboxylic acids is 1. The molecule has 7 nitrogen and oxygen atoms in total. The maximum Gasteiger partial charge on any atom is 0.307 e. The number of carboxylic acid groups (broad SMARTS) is 1. The molecule has 2 aromatic carbocycles. The second-order valence-corrected chi connectivity index (χ2v) is 9.61. The van der Waals surface area contributed by atoms with Crippen LogP contribution in [0.2, 0.25) is 0 Å². The van der Waals surface area contributed by atoms with Crippen LogP contribution in [0.1, 0.15) is 46.1 Å². The van der Waals surface area contributed by atoms with Crippen LogP contribution in [0, 0.1) is 11.6 Å². The molecule has 0 spiro atoms. The number of pyridine rings is 1. The van der Waals surface area contributed by atoms with Crippen molar-refractivity contribution in [2.24, 2.45) is 0 Å². The predicted molar refractivity (Wildman–Crippen MR) is 135 cm³/mol. The summed E-state index contributed by atoms with van der Waals surface area (Å²) in [6.07, 6.45) is 5.17. The Kier molecular flexibility index (Phi) is 5.80. The Hall–Kier alpha value is -4.37. The number of halogens is 2. The summed E-state index contributed by atoms with van der Waals surface area (Å²) in [5.74, 6) is -1.77. The van der Waals surface area contributed by atoms with Crippen molar-refractivity contribution in [3.8, 4) is 0 Å². The van der Waals surface area contributed by atoms with Gasteiger partial charge in [-0.2, -0.15) is 0 Å². The van der Waals surface area contributed by atoms with E-state index in [4.69, 9.17) is 0 Å². The highest BCUT2D eigenvalue weighted by atomic mass is 19.1. The lowest BCUT2D eigenvalue weighted by molar-refractivity contribution is -0.136. The van der Waals surface area contributed by atoms with E-state index >= 15 is 0 Å². The monoisotopic (exact) mass is 514 g/mol. The van der Waals surface area contributed by atoms with E-state index < -0.39 is 23.2 Å². The number of nitrogens with zero attached hydrogens (tertiary/aromatic N) is 4. The van der Waals surface area contributed by atoms with Crippen LogP contribution in [-0.2, 0) is 29.7 Å². The molecule has 0 saturated carbocycles. The summed E-state index contributed by atoms with van der Waals surface area (Å²) in [5.41, 5.74) is 3.10. The summed E-state index contributed by atoms with van der Waals surface area (Å²) < 4.78 is 31.3. The molecule has 2 N–H and O–H groups in total. The molecule has 192 valence electrons. The number of benzene rings is 2. The van der Waals surface area contributed by atoms with Crippen LogP contribution >= 0.6 is 0 Å². The van der Waals surface area contributed by atoms with Crippen LogP contribution in [0.4, 0.5) is 8.78 Å². The van der Waals surface area contributed by atoms with Gasteiger partial charge in [0.05, 0.1) is 24.4 Å². The Bertz CT molecular complexity index is 1600. The highest BCUT2D eigenvalue weighted by Gasteiger charge is 2.40. The molecule has 1 aliphatic carbocycles. The number of hydrogen-bond acceptors (Lipinski definition) is 4. The van der Waals surface area contributed by atoms with Crippen molar-refractivity contribution in [2.75, 3.05) is 0 Å². The van der Waals surface area contributed by atoms with Gasteiger partial charge in [0.1, 0.15) is 11.6 Å². The Morgan fingerprint density at radius 1 is 1.00 bits per heavy atom. The lowest BCUT2D eigenvalue weighted by atomic mass is 9.82. The van der Waals surface area contributed by atoms with Crippen molar-refractivity contribution in [3.63, 3.8) is 0 Å². The normalized spacial score (nSPS) is 15.5. The molecule has 0 radical (unpaired) electrons. The molecule has 1 atom stereocenters. The molecular weight excluding hydrogens is 490 g/mol. The zero-order valence-corrected chi connectivity index (χ0v) is 20.3. The third-order valence-corrected chi connectivity index (χ3v) is 7.47. The highest BCUT2D eigenvalue weighted by molar-refractivity contribution is 5.77. The van der Waals surface area contributed by atoms with E-state index in [1.54, 1.807) is 4.68 Å². The van der Waals surface area contributed by atoms with Gasteiger partial charge in [0.2, 0.25) is 0 Å². The van der Waals surface area contributed by atoms with Crippen molar-refractivity contribution < 1.29 is 23.8 Å². The van der Waals surface area contributed by atoms with Gasteiger partial charge in [0.15, 0.2) is 5.60 Å². The van der Waals surface area contributed by atoms with Crippen LogP contribution in [0.5, 0.6) is 0 Å². The third kappa shape index (κ3) is 3.86. The highest BCUT2D eigenvalue weighted by Crippen LogP contribution is 2.40. The minimum absolute atomic E-state index is 0.0586. The molecular formula is C29H24F2N4O3. The zero-order valence-electron chi connectivity index (χ0n) is 20.3. The topological polar surface area (TPSA) is 92.6 Å². The smallest absolute Gasteiger partial charge is 0.307 e. The van der Waals surface area contributed by atoms with E-state index in [0.717, 1.165) is 22.3 Å². The minimum atomic E-state index is -1.78. The molecule has 3 heterocycles. The van der Waals surface area contributed by atoms with E-state index in [2.05, 4.69) is 10.3 Å². The quantitative estimate of drug-likeness (QED) is 0.349. The van der Waals surface area contributed by atoms with E-state index in [1.807, 2.05) is 28.8 Å². The molecule has 0 bridgehead atoms. The lowest BCUT2D eigenvalue weighted by Gasteiger charge is -2.32. The lowest BCUT2D eigenvalue weighted by Crippen LogP contribution is -2.34. The second-order valence-electron chi connectivity index (χ2n) is 9.61. The Morgan fingerprint density at radius 2 is 1.66 bits per heavy atom. The van der Waals surface area contributed by atoms with Crippen LogP contribution in [0.3, 0.4) is 0 Å². The maximum absolute atomic E-state index is 13.8. The molecule has 0 aliphatic heterocycles. The summed E-state index contributed by atoms with van der Waals surface area (Å²) in [4.78, 5) is 11.6. The fourth-order valence-electron chi connectivity index (χ4n) is 5.73. The number of carbonyl (C=O) groups is 1. The Labute approximate surface area is 216 Å². The first-order chi connectivity index (χ1) is 18.4. The molecule has 5 aromatic rings. The van der Waals surface area contributed by atoms with Crippen molar-refractivity contribution >= 4 is 11.5 Å². The summed E-state index contributed by atoms with van der Waals surface area (Å²) in [6.45, 7) is 0. The van der Waals surface area contributed by atoms with Gasteiger partial charge in [0, 0.05) is 23.8 Å². The molecule has 1 aliphatic rings. The largest absolute Gasteiger partial charge is 0.481 e. The van der Waals surface area contributed by atoms with Crippen LogP contribution in [0.25, 0.3) is 5.52 Å². The van der Waals surface area contributed by atoms with Crippen molar-refractivity contribution in [2.45, 2.75) is 37.3 Å². The number of rotatable bonds is 6. The van der Waals surface area contributed by atoms with Crippen molar-refractivity contribution in [1.29, 1.82) is 0 Å². The van der Waals surface area contributed by atoms with Gasteiger partial charge < -0.3 is 14.6 Å². The van der Waals surface area contributed by atoms with E-state index in [-0.39, 0.29) is 12.5 Å². The number of aliphatic carboxylic acids is 1. The van der Waals surface area contributed by atoms with Crippen LogP contribution in [0.15, 0.2) is 79.1 Å². The Balaban J connectivity index is 1.46. The Morgan fingerprint density at radius 3 is 2.29 bits per heavy atom. The molecule has 0 fully saturated rings. The average molecular weight is 515 g/mol. The van der Waals surface area contributed by atoms with E-state index in [0.29, 0.717) is 36.1 Å². The van der Waals surface area contributed by atoms with Gasteiger partial charge >= 0.3 is 5.97 Å². The summed E-state index contributed by atoms with van der Waals surface area (Å²) in [7, 11) is 0.